The molecule has 0 aliphatic carbocycles. The molecule has 0 N–H and O–H groups in total. The fourth-order valence-corrected chi connectivity index (χ4v) is 1.26. The molecule has 1 atom stereocenters. The van der Waals surface area contributed by atoms with Gasteiger partial charge < -0.3 is 4.74 Å². The molecule has 0 saturated carbocycles. The average molecular weight is 217 g/mol. The SMILES string of the molecule is CC(OC(=O)n1ccnc1)c1ccccn1. The van der Waals surface area contributed by atoms with Crippen molar-refractivity contribution in [2.75, 3.05) is 0 Å². The Morgan fingerprint density at radius 2 is 2.31 bits per heavy atom. The van der Waals surface area contributed by atoms with Crippen molar-refractivity contribution < 1.29 is 9.53 Å². The number of pyridine rings is 1. The number of imidazole rings is 1. The highest BCUT2D eigenvalue weighted by Gasteiger charge is 2.13. The van der Waals surface area contributed by atoms with Gasteiger partial charge in [-0.2, -0.15) is 0 Å². The lowest BCUT2D eigenvalue weighted by molar-refractivity contribution is 0.106. The summed E-state index contributed by atoms with van der Waals surface area (Å²) in [6.07, 6.45) is 5.27. The zero-order valence-electron chi connectivity index (χ0n) is 8.78. The van der Waals surface area contributed by atoms with Crippen LogP contribution in [-0.4, -0.2) is 20.6 Å². The zero-order valence-corrected chi connectivity index (χ0v) is 8.78. The van der Waals surface area contributed by atoms with Gasteiger partial charge in [-0.05, 0) is 19.1 Å². The highest BCUT2D eigenvalue weighted by molar-refractivity contribution is 5.70. The van der Waals surface area contributed by atoms with Crippen molar-refractivity contribution in [2.45, 2.75) is 13.0 Å². The molecule has 0 aliphatic rings. The number of rotatable bonds is 2. The first-order valence-corrected chi connectivity index (χ1v) is 4.87. The maximum atomic E-state index is 11.6. The molecule has 2 aromatic heterocycles. The van der Waals surface area contributed by atoms with Gasteiger partial charge >= 0.3 is 6.09 Å². The fraction of sp³-hybridized carbons (Fsp3) is 0.182. The standard InChI is InChI=1S/C11H11N3O2/c1-9(10-4-2-3-5-13-10)16-11(15)14-7-6-12-8-14/h2-9H,1H3. The van der Waals surface area contributed by atoms with Crippen LogP contribution in [0.5, 0.6) is 0 Å². The minimum absolute atomic E-state index is 0.379. The monoisotopic (exact) mass is 217 g/mol. The molecular weight excluding hydrogens is 206 g/mol. The normalized spacial score (nSPS) is 12.1. The number of ether oxygens (including phenoxy) is 1. The van der Waals surface area contributed by atoms with Crippen LogP contribution in [0.1, 0.15) is 18.7 Å². The molecule has 82 valence electrons. The molecule has 0 aromatic carbocycles. The Morgan fingerprint density at radius 3 is 2.94 bits per heavy atom. The van der Waals surface area contributed by atoms with Crippen molar-refractivity contribution in [1.82, 2.24) is 14.5 Å². The summed E-state index contributed by atoms with van der Waals surface area (Å²) in [5.74, 6) is 0. The predicted octanol–water partition coefficient (Wildman–Crippen LogP) is 2.02. The Labute approximate surface area is 92.7 Å². The zero-order chi connectivity index (χ0) is 11.4. The molecule has 2 heterocycles. The van der Waals surface area contributed by atoms with E-state index in [0.717, 1.165) is 5.69 Å². The summed E-state index contributed by atoms with van der Waals surface area (Å²) in [6, 6.07) is 5.48. The first-order chi connectivity index (χ1) is 7.77. The van der Waals surface area contributed by atoms with Crippen LogP contribution in [0.2, 0.25) is 0 Å². The van der Waals surface area contributed by atoms with Crippen LogP contribution in [0.3, 0.4) is 0 Å². The fourth-order valence-electron chi connectivity index (χ4n) is 1.26. The molecule has 0 radical (unpaired) electrons. The first kappa shape index (κ1) is 10.4. The Hall–Kier alpha value is -2.17. The summed E-state index contributed by atoms with van der Waals surface area (Å²) in [6.45, 7) is 1.77. The van der Waals surface area contributed by atoms with Crippen LogP contribution < -0.4 is 0 Å². The smallest absolute Gasteiger partial charge is 0.419 e. The minimum atomic E-state index is -0.462. The first-order valence-electron chi connectivity index (χ1n) is 4.87. The Kier molecular flexibility index (Phi) is 2.95. The second-order valence-electron chi connectivity index (χ2n) is 3.25. The molecule has 0 saturated heterocycles. The molecule has 0 spiro atoms. The number of carbonyl (C=O) groups is 1. The van der Waals surface area contributed by atoms with Crippen molar-refractivity contribution in [1.29, 1.82) is 0 Å². The predicted molar refractivity (Wildman–Crippen MR) is 56.8 cm³/mol. The van der Waals surface area contributed by atoms with Gasteiger partial charge in [0.2, 0.25) is 0 Å². The van der Waals surface area contributed by atoms with Gasteiger partial charge in [0, 0.05) is 18.6 Å². The van der Waals surface area contributed by atoms with Crippen LogP contribution in [0.15, 0.2) is 43.1 Å². The van der Waals surface area contributed by atoms with Crippen LogP contribution in [0, 0.1) is 0 Å². The van der Waals surface area contributed by atoms with E-state index >= 15 is 0 Å². The summed E-state index contributed by atoms with van der Waals surface area (Å²) >= 11 is 0. The highest BCUT2D eigenvalue weighted by Crippen LogP contribution is 2.13. The highest BCUT2D eigenvalue weighted by atomic mass is 16.6. The minimum Gasteiger partial charge on any atom is -0.439 e. The van der Waals surface area contributed by atoms with Gasteiger partial charge in [-0.15, -0.1) is 0 Å². The Balaban J connectivity index is 2.03. The molecule has 0 aliphatic heterocycles. The average Bonchev–Trinajstić information content (AvgIpc) is 2.83. The van der Waals surface area contributed by atoms with Gasteiger partial charge in [0.25, 0.3) is 0 Å². The van der Waals surface area contributed by atoms with Gasteiger partial charge in [0.15, 0.2) is 0 Å². The quantitative estimate of drug-likeness (QED) is 0.772. The van der Waals surface area contributed by atoms with E-state index < -0.39 is 6.09 Å². The van der Waals surface area contributed by atoms with E-state index in [1.807, 2.05) is 18.2 Å². The summed E-state index contributed by atoms with van der Waals surface area (Å²) < 4.78 is 6.48. The number of aromatic nitrogens is 3. The molecule has 1 unspecified atom stereocenters. The molecule has 2 rings (SSSR count). The second-order valence-corrected chi connectivity index (χ2v) is 3.25. The van der Waals surface area contributed by atoms with E-state index in [0.29, 0.717) is 0 Å². The van der Waals surface area contributed by atoms with Crippen LogP contribution in [-0.2, 0) is 4.74 Å². The van der Waals surface area contributed by atoms with E-state index in [2.05, 4.69) is 9.97 Å². The molecule has 16 heavy (non-hydrogen) atoms. The van der Waals surface area contributed by atoms with Gasteiger partial charge in [-0.3, -0.25) is 4.98 Å². The van der Waals surface area contributed by atoms with Gasteiger partial charge in [0.1, 0.15) is 12.4 Å². The van der Waals surface area contributed by atoms with Gasteiger partial charge in [-0.1, -0.05) is 6.07 Å². The molecule has 0 bridgehead atoms. The van der Waals surface area contributed by atoms with E-state index in [4.69, 9.17) is 4.74 Å². The van der Waals surface area contributed by atoms with Crippen LogP contribution in [0.4, 0.5) is 4.79 Å². The lowest BCUT2D eigenvalue weighted by Crippen LogP contribution is -2.14. The number of carbonyl (C=O) groups excluding carboxylic acids is 1. The molecule has 0 fully saturated rings. The third kappa shape index (κ3) is 2.25. The molecule has 0 amide bonds. The van der Waals surface area contributed by atoms with E-state index in [9.17, 15) is 4.79 Å². The number of hydrogen-bond acceptors (Lipinski definition) is 4. The van der Waals surface area contributed by atoms with E-state index in [1.54, 1.807) is 13.1 Å². The largest absolute Gasteiger partial charge is 0.439 e. The summed E-state index contributed by atoms with van der Waals surface area (Å²) in [5, 5.41) is 0. The van der Waals surface area contributed by atoms with Crippen LogP contribution >= 0.6 is 0 Å². The van der Waals surface area contributed by atoms with Crippen LogP contribution in [0.25, 0.3) is 0 Å². The van der Waals surface area contributed by atoms with E-state index in [-0.39, 0.29) is 6.10 Å². The van der Waals surface area contributed by atoms with Gasteiger partial charge in [0.05, 0.1) is 5.69 Å². The van der Waals surface area contributed by atoms with Crippen molar-refractivity contribution >= 4 is 6.09 Å². The van der Waals surface area contributed by atoms with Crippen molar-refractivity contribution in [3.63, 3.8) is 0 Å². The summed E-state index contributed by atoms with van der Waals surface area (Å²) in [5.41, 5.74) is 0.718. The topological polar surface area (TPSA) is 57.0 Å². The molecule has 5 nitrogen and oxygen atoms in total. The molecule has 2 aromatic rings. The third-order valence-corrected chi connectivity index (χ3v) is 2.10. The number of nitrogens with zero attached hydrogens (tertiary/aromatic N) is 3. The van der Waals surface area contributed by atoms with E-state index in [1.165, 1.54) is 23.3 Å². The third-order valence-electron chi connectivity index (χ3n) is 2.10. The molecular formula is C11H11N3O2. The maximum Gasteiger partial charge on any atom is 0.419 e. The number of hydrogen-bond donors (Lipinski definition) is 0. The summed E-state index contributed by atoms with van der Waals surface area (Å²) in [4.78, 5) is 19.4. The second kappa shape index (κ2) is 4.57. The Morgan fingerprint density at radius 1 is 1.44 bits per heavy atom. The Bertz CT molecular complexity index is 453. The summed E-state index contributed by atoms with van der Waals surface area (Å²) in [7, 11) is 0. The lowest BCUT2D eigenvalue weighted by atomic mass is 10.2. The van der Waals surface area contributed by atoms with Gasteiger partial charge in [-0.25, -0.2) is 14.3 Å². The van der Waals surface area contributed by atoms with Crippen molar-refractivity contribution in [2.24, 2.45) is 0 Å². The lowest BCUT2D eigenvalue weighted by Gasteiger charge is -2.12. The molecule has 5 heteroatoms. The maximum absolute atomic E-state index is 11.6. The van der Waals surface area contributed by atoms with Crippen molar-refractivity contribution in [3.05, 3.63) is 48.8 Å². The van der Waals surface area contributed by atoms with Crippen molar-refractivity contribution in [3.8, 4) is 0 Å².